The molecule has 1 aliphatic heterocycles. The lowest BCUT2D eigenvalue weighted by atomic mass is 9.87. The van der Waals surface area contributed by atoms with E-state index < -0.39 is 16.1 Å². The van der Waals surface area contributed by atoms with Crippen molar-refractivity contribution in [1.82, 2.24) is 14.5 Å². The van der Waals surface area contributed by atoms with Crippen molar-refractivity contribution in [1.29, 1.82) is 0 Å². The van der Waals surface area contributed by atoms with Gasteiger partial charge in [-0.05, 0) is 30.9 Å². The number of H-pyrrole nitrogens is 1. The second-order valence-corrected chi connectivity index (χ2v) is 8.19. The summed E-state index contributed by atoms with van der Waals surface area (Å²) < 4.78 is 24.6. The Labute approximate surface area is 134 Å². The first kappa shape index (κ1) is 15.7. The smallest absolute Gasteiger partial charge is 0.211 e. The quantitative estimate of drug-likeness (QED) is 0.891. The van der Waals surface area contributed by atoms with Gasteiger partial charge in [0, 0.05) is 29.1 Å². The van der Waals surface area contributed by atoms with Crippen LogP contribution in [0.2, 0.25) is 5.02 Å². The van der Waals surface area contributed by atoms with E-state index in [0.29, 0.717) is 31.0 Å². The maximum absolute atomic E-state index is 11.6. The first-order valence-corrected chi connectivity index (χ1v) is 9.34. The van der Waals surface area contributed by atoms with E-state index in [1.54, 1.807) is 18.3 Å². The highest BCUT2D eigenvalue weighted by Gasteiger charge is 2.30. The molecule has 1 aliphatic rings. The Balaban J connectivity index is 1.82. The third-order valence-electron chi connectivity index (χ3n) is 4.28. The van der Waals surface area contributed by atoms with E-state index in [0.717, 1.165) is 16.5 Å². The van der Waals surface area contributed by atoms with Crippen LogP contribution in [0.25, 0.3) is 10.9 Å². The predicted molar refractivity (Wildman–Crippen MR) is 85.2 cm³/mol. The lowest BCUT2D eigenvalue weighted by Gasteiger charge is -2.33. The minimum atomic E-state index is -3.16. The minimum absolute atomic E-state index is 0.00275. The number of piperidine rings is 1. The largest absolute Gasteiger partial charge is 0.388 e. The van der Waals surface area contributed by atoms with Crippen molar-refractivity contribution in [3.8, 4) is 0 Å². The average Bonchev–Trinajstić information content (AvgIpc) is 2.93. The molecule has 8 heteroatoms. The van der Waals surface area contributed by atoms with Gasteiger partial charge in [-0.25, -0.2) is 12.7 Å². The fourth-order valence-electron chi connectivity index (χ4n) is 3.06. The number of fused-ring (bicyclic) bond motifs is 1. The van der Waals surface area contributed by atoms with Crippen molar-refractivity contribution in [2.24, 2.45) is 5.92 Å². The molecule has 22 heavy (non-hydrogen) atoms. The Bertz CT molecular complexity index is 782. The third-order valence-corrected chi connectivity index (χ3v) is 5.80. The maximum Gasteiger partial charge on any atom is 0.211 e. The van der Waals surface area contributed by atoms with Crippen molar-refractivity contribution in [2.75, 3.05) is 19.3 Å². The second-order valence-electron chi connectivity index (χ2n) is 5.77. The zero-order valence-electron chi connectivity index (χ0n) is 12.2. The van der Waals surface area contributed by atoms with Crippen LogP contribution in [0, 0.1) is 5.92 Å². The van der Waals surface area contributed by atoms with Gasteiger partial charge in [-0.1, -0.05) is 11.6 Å². The van der Waals surface area contributed by atoms with Crippen molar-refractivity contribution >= 4 is 32.5 Å². The molecule has 0 aliphatic carbocycles. The maximum atomic E-state index is 11.6. The topological polar surface area (TPSA) is 86.3 Å². The van der Waals surface area contributed by atoms with E-state index >= 15 is 0 Å². The van der Waals surface area contributed by atoms with E-state index in [-0.39, 0.29) is 5.92 Å². The molecule has 120 valence electrons. The number of nitrogens with zero attached hydrogens (tertiary/aromatic N) is 2. The van der Waals surface area contributed by atoms with Gasteiger partial charge in [-0.2, -0.15) is 5.10 Å². The summed E-state index contributed by atoms with van der Waals surface area (Å²) in [6.07, 6.45) is 3.44. The van der Waals surface area contributed by atoms with Gasteiger partial charge in [0.25, 0.3) is 0 Å². The van der Waals surface area contributed by atoms with Gasteiger partial charge in [-0.3, -0.25) is 5.10 Å². The summed E-state index contributed by atoms with van der Waals surface area (Å²) in [4.78, 5) is 0. The molecule has 0 radical (unpaired) electrons. The Hall–Kier alpha value is -1.15. The molecule has 6 nitrogen and oxygen atoms in total. The molecule has 1 saturated heterocycles. The molecule has 2 heterocycles. The first-order valence-electron chi connectivity index (χ1n) is 7.12. The Morgan fingerprint density at radius 1 is 1.41 bits per heavy atom. The normalized spacial score (nSPS) is 19.6. The Morgan fingerprint density at radius 2 is 2.09 bits per heavy atom. The monoisotopic (exact) mass is 343 g/mol. The molecule has 3 rings (SSSR count). The van der Waals surface area contributed by atoms with Crippen molar-refractivity contribution in [3.63, 3.8) is 0 Å². The molecular formula is C14H18ClN3O3S. The van der Waals surface area contributed by atoms with Gasteiger partial charge in [0.2, 0.25) is 10.0 Å². The van der Waals surface area contributed by atoms with Crippen LogP contribution in [0.5, 0.6) is 0 Å². The summed E-state index contributed by atoms with van der Waals surface area (Å²) >= 11 is 6.11. The number of aliphatic hydroxyl groups is 1. The Morgan fingerprint density at radius 3 is 2.73 bits per heavy atom. The van der Waals surface area contributed by atoms with Crippen LogP contribution < -0.4 is 0 Å². The molecular weight excluding hydrogens is 326 g/mol. The van der Waals surface area contributed by atoms with Gasteiger partial charge in [-0.15, -0.1) is 0 Å². The summed E-state index contributed by atoms with van der Waals surface area (Å²) in [7, 11) is -3.16. The lowest BCUT2D eigenvalue weighted by molar-refractivity contribution is 0.0771. The van der Waals surface area contributed by atoms with Gasteiger partial charge in [0.15, 0.2) is 0 Å². The molecule has 1 aromatic carbocycles. The van der Waals surface area contributed by atoms with Gasteiger partial charge >= 0.3 is 0 Å². The third kappa shape index (κ3) is 2.99. The van der Waals surface area contributed by atoms with E-state index in [2.05, 4.69) is 10.2 Å². The van der Waals surface area contributed by atoms with Crippen LogP contribution in [-0.4, -0.2) is 47.4 Å². The molecule has 1 aromatic heterocycles. The van der Waals surface area contributed by atoms with E-state index in [9.17, 15) is 13.5 Å². The summed E-state index contributed by atoms with van der Waals surface area (Å²) in [5.41, 5.74) is 1.50. The number of aromatic amines is 1. The Kier molecular flexibility index (Phi) is 4.15. The van der Waals surface area contributed by atoms with Crippen molar-refractivity contribution in [2.45, 2.75) is 18.9 Å². The predicted octanol–water partition coefficient (Wildman–Crippen LogP) is 1.92. The second kappa shape index (κ2) is 5.81. The first-order chi connectivity index (χ1) is 10.4. The fourth-order valence-corrected chi connectivity index (χ4v) is 4.17. The number of sulfonamides is 1. The van der Waals surface area contributed by atoms with Crippen LogP contribution in [0.15, 0.2) is 18.3 Å². The summed E-state index contributed by atoms with van der Waals surface area (Å²) in [5, 5.41) is 19.0. The summed E-state index contributed by atoms with van der Waals surface area (Å²) in [6.45, 7) is 0.875. The van der Waals surface area contributed by atoms with E-state index in [1.807, 2.05) is 0 Å². The number of nitrogens with one attached hydrogen (secondary N) is 1. The average molecular weight is 344 g/mol. The summed E-state index contributed by atoms with van der Waals surface area (Å²) in [6, 6.07) is 3.54. The zero-order chi connectivity index (χ0) is 15.9. The highest BCUT2D eigenvalue weighted by Crippen LogP contribution is 2.35. The van der Waals surface area contributed by atoms with Gasteiger partial charge in [0.05, 0.1) is 24.1 Å². The van der Waals surface area contributed by atoms with Crippen LogP contribution in [0.4, 0.5) is 0 Å². The standard InChI is InChI=1S/C14H18ClN3O3S/c1-22(20,21)18-4-2-9(3-5-18)14(19)12-7-11(15)6-10-8-16-17-13(10)12/h6-9,14,19H,2-5H2,1H3,(H,16,17). The van der Waals surface area contributed by atoms with Crippen LogP contribution >= 0.6 is 11.6 Å². The highest BCUT2D eigenvalue weighted by atomic mass is 35.5. The fraction of sp³-hybridized carbons (Fsp3) is 0.500. The molecule has 0 saturated carbocycles. The number of aromatic nitrogens is 2. The molecule has 2 aromatic rings. The van der Waals surface area contributed by atoms with Gasteiger partial charge < -0.3 is 5.11 Å². The molecule has 0 amide bonds. The summed E-state index contributed by atoms with van der Waals surface area (Å²) in [5.74, 6) is 0.00275. The number of hydrogen-bond acceptors (Lipinski definition) is 4. The molecule has 1 atom stereocenters. The molecule has 0 spiro atoms. The van der Waals surface area contributed by atoms with Crippen LogP contribution in [-0.2, 0) is 10.0 Å². The zero-order valence-corrected chi connectivity index (χ0v) is 13.7. The van der Waals surface area contributed by atoms with Gasteiger partial charge in [0.1, 0.15) is 0 Å². The van der Waals surface area contributed by atoms with E-state index in [4.69, 9.17) is 11.6 Å². The molecule has 1 fully saturated rings. The molecule has 2 N–H and O–H groups in total. The number of hydrogen-bond donors (Lipinski definition) is 2. The molecule has 1 unspecified atom stereocenters. The number of aliphatic hydroxyl groups excluding tert-OH is 1. The number of halogens is 1. The SMILES string of the molecule is CS(=O)(=O)N1CCC(C(O)c2cc(Cl)cc3cn[nH]c23)CC1. The number of benzene rings is 1. The van der Waals surface area contributed by atoms with Crippen LogP contribution in [0.1, 0.15) is 24.5 Å². The van der Waals surface area contributed by atoms with Crippen molar-refractivity contribution < 1.29 is 13.5 Å². The van der Waals surface area contributed by atoms with Crippen molar-refractivity contribution in [3.05, 3.63) is 28.9 Å². The molecule has 0 bridgehead atoms. The highest BCUT2D eigenvalue weighted by molar-refractivity contribution is 7.88. The van der Waals surface area contributed by atoms with Crippen LogP contribution in [0.3, 0.4) is 0 Å². The number of rotatable bonds is 3. The minimum Gasteiger partial charge on any atom is -0.388 e. The van der Waals surface area contributed by atoms with E-state index in [1.165, 1.54) is 10.6 Å². The lowest BCUT2D eigenvalue weighted by Crippen LogP contribution is -2.39.